The average molecular weight is 371 g/mol. The number of hydrogen-bond donors (Lipinski definition) is 1. The van der Waals surface area contributed by atoms with Crippen LogP contribution in [-0.4, -0.2) is 16.0 Å². The lowest BCUT2D eigenvalue weighted by atomic mass is 10.0. The number of primary amides is 1. The molecule has 0 spiro atoms. The molecule has 5 heteroatoms. The number of benzene rings is 2. The highest BCUT2D eigenvalue weighted by molar-refractivity contribution is 5.82. The third kappa shape index (κ3) is 3.60. The molecule has 1 aliphatic rings. The zero-order valence-electron chi connectivity index (χ0n) is 15.6. The molecule has 2 heterocycles. The molecule has 1 aliphatic heterocycles. The smallest absolute Gasteiger partial charge is 0.245 e. The predicted molar refractivity (Wildman–Crippen MR) is 109 cm³/mol. The van der Waals surface area contributed by atoms with E-state index >= 15 is 0 Å². The Hall–Kier alpha value is -3.60. The van der Waals surface area contributed by atoms with Crippen LogP contribution in [0.3, 0.4) is 0 Å². The Bertz CT molecular complexity index is 1030. The van der Waals surface area contributed by atoms with Gasteiger partial charge >= 0.3 is 0 Å². The number of aromatic nitrogens is 1. The summed E-state index contributed by atoms with van der Waals surface area (Å²) in [4.78, 5) is 14.0. The number of nitrogens with zero attached hydrogens (tertiary/aromatic N) is 2. The summed E-state index contributed by atoms with van der Waals surface area (Å²) < 4.78 is 5.59. The molecule has 4 rings (SSSR count). The van der Waals surface area contributed by atoms with Crippen molar-refractivity contribution in [2.75, 3.05) is 0 Å². The lowest BCUT2D eigenvalue weighted by molar-refractivity contribution is -0.121. The van der Waals surface area contributed by atoms with Crippen molar-refractivity contribution in [2.24, 2.45) is 5.73 Å². The molecule has 2 N–H and O–H groups in total. The highest BCUT2D eigenvalue weighted by Gasteiger charge is 2.25. The molecule has 0 saturated heterocycles. The van der Waals surface area contributed by atoms with Crippen LogP contribution in [0.15, 0.2) is 83.7 Å². The normalized spacial score (nSPS) is 14.6. The highest BCUT2D eigenvalue weighted by atomic mass is 16.5. The maximum absolute atomic E-state index is 12.1. The molecule has 1 atom stereocenters. The summed E-state index contributed by atoms with van der Waals surface area (Å²) in [5, 5.41) is 4.20. The fraction of sp³-hybridized carbons (Fsp3) is 0.130. The van der Waals surface area contributed by atoms with E-state index in [1.807, 2.05) is 91.0 Å². The molecule has 1 unspecified atom stereocenters. The number of hydrogen-bond acceptors (Lipinski definition) is 4. The first-order chi connectivity index (χ1) is 13.6. The van der Waals surface area contributed by atoms with E-state index in [9.17, 15) is 4.79 Å². The molecule has 1 aromatic heterocycles. The summed E-state index contributed by atoms with van der Waals surface area (Å²) in [7, 11) is 0. The summed E-state index contributed by atoms with van der Waals surface area (Å²) in [6, 6.07) is 19.0. The molecule has 0 radical (unpaired) electrons. The quantitative estimate of drug-likeness (QED) is 0.720. The van der Waals surface area contributed by atoms with Gasteiger partial charge < -0.3 is 15.2 Å². The zero-order chi connectivity index (χ0) is 19.5. The van der Waals surface area contributed by atoms with Gasteiger partial charge in [-0.25, -0.2) is 0 Å². The zero-order valence-corrected chi connectivity index (χ0v) is 15.6. The van der Waals surface area contributed by atoms with Gasteiger partial charge in [0.1, 0.15) is 11.7 Å². The number of carbonyl (C=O) groups excluding carboxylic acids is 1. The van der Waals surface area contributed by atoms with E-state index in [2.05, 4.69) is 5.16 Å². The van der Waals surface area contributed by atoms with Gasteiger partial charge in [-0.1, -0.05) is 71.4 Å². The first kappa shape index (κ1) is 17.8. The van der Waals surface area contributed by atoms with Crippen molar-refractivity contribution >= 4 is 11.5 Å². The van der Waals surface area contributed by atoms with Crippen molar-refractivity contribution in [1.29, 1.82) is 0 Å². The van der Waals surface area contributed by atoms with Gasteiger partial charge in [0.05, 0.1) is 0 Å². The maximum atomic E-state index is 12.1. The molecule has 5 nitrogen and oxygen atoms in total. The number of allylic oxidation sites excluding steroid dienone is 2. The summed E-state index contributed by atoms with van der Waals surface area (Å²) in [5.74, 6) is 0.271. The van der Waals surface area contributed by atoms with Crippen LogP contribution in [0.25, 0.3) is 16.8 Å². The van der Waals surface area contributed by atoms with Crippen molar-refractivity contribution in [1.82, 2.24) is 10.1 Å². The van der Waals surface area contributed by atoms with Crippen LogP contribution >= 0.6 is 0 Å². The third-order valence-corrected chi connectivity index (χ3v) is 4.78. The van der Waals surface area contributed by atoms with Crippen molar-refractivity contribution in [3.63, 3.8) is 0 Å². The second-order valence-electron chi connectivity index (χ2n) is 6.85. The predicted octanol–water partition coefficient (Wildman–Crippen LogP) is 4.44. The summed E-state index contributed by atoms with van der Waals surface area (Å²) in [6.45, 7) is 2.05. The van der Waals surface area contributed by atoms with Crippen LogP contribution < -0.4 is 5.73 Å². The molecule has 0 fully saturated rings. The van der Waals surface area contributed by atoms with E-state index in [0.29, 0.717) is 12.2 Å². The van der Waals surface area contributed by atoms with E-state index in [1.54, 1.807) is 0 Å². The van der Waals surface area contributed by atoms with Crippen LogP contribution in [0.5, 0.6) is 0 Å². The monoisotopic (exact) mass is 371 g/mol. The number of nitrogens with two attached hydrogens (primary N) is 1. The lowest BCUT2D eigenvalue weighted by Gasteiger charge is -2.28. The van der Waals surface area contributed by atoms with Gasteiger partial charge in [0.15, 0.2) is 5.76 Å². The minimum Gasteiger partial charge on any atom is -0.368 e. The number of carbonyl (C=O) groups is 1. The van der Waals surface area contributed by atoms with Crippen LogP contribution in [0.4, 0.5) is 0 Å². The average Bonchev–Trinajstić information content (AvgIpc) is 3.20. The minimum atomic E-state index is -0.577. The lowest BCUT2D eigenvalue weighted by Crippen LogP contribution is -2.32. The van der Waals surface area contributed by atoms with Gasteiger partial charge in [0.2, 0.25) is 5.91 Å². The standard InChI is InChI=1S/C23H21N3O2/c1-16-9-11-17(12-10-16)20-14-21(28-25-20)19-8-5-13-26(15-19)22(23(24)27)18-6-3-2-4-7-18/h2-7,9-15,22H,8H2,1H3,(H2,24,27). The van der Waals surface area contributed by atoms with Crippen molar-refractivity contribution in [3.8, 4) is 11.3 Å². The van der Waals surface area contributed by atoms with Gasteiger partial charge in [-0.05, 0) is 18.9 Å². The second-order valence-corrected chi connectivity index (χ2v) is 6.85. The molecule has 140 valence electrons. The molecule has 1 amide bonds. The van der Waals surface area contributed by atoms with E-state index in [0.717, 1.165) is 22.4 Å². The van der Waals surface area contributed by atoms with Gasteiger partial charge in [0, 0.05) is 29.6 Å². The van der Waals surface area contributed by atoms with Gasteiger partial charge in [-0.3, -0.25) is 4.79 Å². The Labute approximate surface area is 163 Å². The summed E-state index contributed by atoms with van der Waals surface area (Å²) >= 11 is 0. The van der Waals surface area contributed by atoms with Gasteiger partial charge in [-0.2, -0.15) is 0 Å². The Morgan fingerprint density at radius 1 is 1.14 bits per heavy atom. The molecule has 0 aliphatic carbocycles. The van der Waals surface area contributed by atoms with E-state index < -0.39 is 11.9 Å². The molecular weight excluding hydrogens is 350 g/mol. The molecule has 2 aromatic carbocycles. The van der Waals surface area contributed by atoms with Crippen LogP contribution in [0.2, 0.25) is 0 Å². The number of aryl methyl sites for hydroxylation is 1. The Balaban J connectivity index is 1.63. The van der Waals surface area contributed by atoms with Crippen LogP contribution in [0, 0.1) is 6.92 Å². The highest BCUT2D eigenvalue weighted by Crippen LogP contribution is 2.31. The molecule has 0 saturated carbocycles. The summed E-state index contributed by atoms with van der Waals surface area (Å²) in [6.07, 6.45) is 6.46. The Morgan fingerprint density at radius 3 is 2.61 bits per heavy atom. The van der Waals surface area contributed by atoms with Crippen LogP contribution in [-0.2, 0) is 4.79 Å². The van der Waals surface area contributed by atoms with Crippen molar-refractivity contribution < 1.29 is 9.32 Å². The van der Waals surface area contributed by atoms with E-state index in [4.69, 9.17) is 10.3 Å². The topological polar surface area (TPSA) is 72.4 Å². The van der Waals surface area contributed by atoms with Gasteiger partial charge in [0.25, 0.3) is 0 Å². The molecule has 28 heavy (non-hydrogen) atoms. The minimum absolute atomic E-state index is 0.411. The fourth-order valence-corrected chi connectivity index (χ4v) is 3.31. The Morgan fingerprint density at radius 2 is 1.89 bits per heavy atom. The fourth-order valence-electron chi connectivity index (χ4n) is 3.31. The first-order valence-corrected chi connectivity index (χ1v) is 9.15. The van der Waals surface area contributed by atoms with Crippen LogP contribution in [0.1, 0.15) is 29.3 Å². The van der Waals surface area contributed by atoms with E-state index in [-0.39, 0.29) is 0 Å². The summed E-state index contributed by atoms with van der Waals surface area (Å²) in [5.41, 5.74) is 10.5. The number of rotatable bonds is 5. The van der Waals surface area contributed by atoms with Crippen molar-refractivity contribution in [3.05, 3.63) is 96.0 Å². The molecule has 0 bridgehead atoms. The molecule has 3 aromatic rings. The largest absolute Gasteiger partial charge is 0.368 e. The van der Waals surface area contributed by atoms with E-state index in [1.165, 1.54) is 5.56 Å². The third-order valence-electron chi connectivity index (χ3n) is 4.78. The number of amides is 1. The van der Waals surface area contributed by atoms with Crippen molar-refractivity contribution in [2.45, 2.75) is 19.4 Å². The van der Waals surface area contributed by atoms with Gasteiger partial charge in [-0.15, -0.1) is 0 Å². The molecular formula is C23H21N3O2. The second kappa shape index (κ2) is 7.56. The maximum Gasteiger partial charge on any atom is 0.245 e. The Kier molecular flexibility index (Phi) is 4.81. The first-order valence-electron chi connectivity index (χ1n) is 9.15. The SMILES string of the molecule is Cc1ccc(-c2cc(C3=CN(C(C(N)=O)c4ccccc4)C=CC3)on2)cc1.